The molecule has 150 valence electrons. The third kappa shape index (κ3) is 5.56. The lowest BCUT2D eigenvalue weighted by atomic mass is 10.1. The van der Waals surface area contributed by atoms with Crippen molar-refractivity contribution in [3.8, 4) is 0 Å². The topological polar surface area (TPSA) is 92.8 Å². The summed E-state index contributed by atoms with van der Waals surface area (Å²) < 4.78 is 30.3. The van der Waals surface area contributed by atoms with Crippen LogP contribution in [0.4, 0.5) is 11.4 Å². The van der Waals surface area contributed by atoms with Gasteiger partial charge in [-0.3, -0.25) is 9.10 Å². The highest BCUT2D eigenvalue weighted by Crippen LogP contribution is 2.20. The van der Waals surface area contributed by atoms with Gasteiger partial charge in [0.25, 0.3) is 0 Å². The predicted molar refractivity (Wildman–Crippen MR) is 109 cm³/mol. The molecule has 0 aromatic heterocycles. The molecule has 0 aliphatic carbocycles. The summed E-state index contributed by atoms with van der Waals surface area (Å²) in [4.78, 5) is 24.4. The number of nitrogens with zero attached hydrogens (tertiary/aromatic N) is 1. The quantitative estimate of drug-likeness (QED) is 0.717. The highest BCUT2D eigenvalue weighted by molar-refractivity contribution is 7.92. The number of benzene rings is 2. The third-order valence-electron chi connectivity index (χ3n) is 4.03. The molecule has 1 N–H and O–H groups in total. The number of aryl methyl sites for hydroxylation is 2. The van der Waals surface area contributed by atoms with E-state index in [2.05, 4.69) is 5.32 Å². The molecule has 0 aliphatic rings. The average molecular weight is 404 g/mol. The van der Waals surface area contributed by atoms with E-state index < -0.39 is 21.9 Å². The standard InChI is InChI=1S/C20H24N2O5S/c1-5-27-20(24)16-9-8-15(3)18(12-16)21-19(23)13-22(28(4,25)26)17-10-6-14(2)7-11-17/h6-12H,5,13H2,1-4H3,(H,21,23). The minimum Gasteiger partial charge on any atom is -0.462 e. The minimum atomic E-state index is -3.66. The maximum Gasteiger partial charge on any atom is 0.338 e. The Labute approximate surface area is 165 Å². The molecule has 8 heteroatoms. The summed E-state index contributed by atoms with van der Waals surface area (Å²) in [6, 6.07) is 11.7. The number of esters is 1. The van der Waals surface area contributed by atoms with Gasteiger partial charge in [-0.05, 0) is 50.6 Å². The molecule has 2 rings (SSSR count). The van der Waals surface area contributed by atoms with E-state index in [1.54, 1.807) is 50.2 Å². The lowest BCUT2D eigenvalue weighted by molar-refractivity contribution is -0.114. The molecule has 0 heterocycles. The molecule has 2 aromatic rings. The monoisotopic (exact) mass is 404 g/mol. The number of amides is 1. The fraction of sp³-hybridized carbons (Fsp3) is 0.300. The van der Waals surface area contributed by atoms with Crippen molar-refractivity contribution in [1.29, 1.82) is 0 Å². The second kappa shape index (κ2) is 8.88. The van der Waals surface area contributed by atoms with Crippen molar-refractivity contribution < 1.29 is 22.7 Å². The Kier molecular flexibility index (Phi) is 6.80. The van der Waals surface area contributed by atoms with Crippen molar-refractivity contribution in [2.75, 3.05) is 29.0 Å². The van der Waals surface area contributed by atoms with Crippen molar-refractivity contribution in [2.45, 2.75) is 20.8 Å². The molecule has 7 nitrogen and oxygen atoms in total. The Balaban J connectivity index is 2.22. The van der Waals surface area contributed by atoms with Gasteiger partial charge in [-0.1, -0.05) is 23.8 Å². The Morgan fingerprint density at radius 1 is 1.07 bits per heavy atom. The maximum absolute atomic E-state index is 12.5. The van der Waals surface area contributed by atoms with E-state index in [1.807, 2.05) is 6.92 Å². The van der Waals surface area contributed by atoms with Crippen LogP contribution in [0, 0.1) is 13.8 Å². The molecular formula is C20H24N2O5S. The first-order valence-electron chi connectivity index (χ1n) is 8.74. The minimum absolute atomic E-state index is 0.244. The van der Waals surface area contributed by atoms with Crippen LogP contribution in [0.2, 0.25) is 0 Å². The first-order valence-corrected chi connectivity index (χ1v) is 10.6. The zero-order valence-electron chi connectivity index (χ0n) is 16.4. The zero-order valence-corrected chi connectivity index (χ0v) is 17.2. The highest BCUT2D eigenvalue weighted by atomic mass is 32.2. The van der Waals surface area contributed by atoms with E-state index in [1.165, 1.54) is 6.07 Å². The number of nitrogens with one attached hydrogen (secondary N) is 1. The number of carbonyl (C=O) groups is 2. The number of anilines is 2. The first kappa shape index (κ1) is 21.4. The van der Waals surface area contributed by atoms with E-state index >= 15 is 0 Å². The van der Waals surface area contributed by atoms with Crippen LogP contribution in [0.1, 0.15) is 28.4 Å². The maximum atomic E-state index is 12.5. The van der Waals surface area contributed by atoms with E-state index in [4.69, 9.17) is 4.74 Å². The highest BCUT2D eigenvalue weighted by Gasteiger charge is 2.21. The van der Waals surface area contributed by atoms with Crippen LogP contribution in [-0.2, 0) is 19.6 Å². The van der Waals surface area contributed by atoms with Crippen molar-refractivity contribution in [3.63, 3.8) is 0 Å². The molecule has 0 bridgehead atoms. The number of ether oxygens (including phenoxy) is 1. The van der Waals surface area contributed by atoms with Crippen molar-refractivity contribution in [1.82, 2.24) is 0 Å². The molecule has 0 saturated carbocycles. The van der Waals surface area contributed by atoms with Crippen LogP contribution in [0.25, 0.3) is 0 Å². The van der Waals surface area contributed by atoms with Crippen molar-refractivity contribution in [2.24, 2.45) is 0 Å². The van der Waals surface area contributed by atoms with E-state index in [9.17, 15) is 18.0 Å². The second-order valence-electron chi connectivity index (χ2n) is 6.40. The fourth-order valence-corrected chi connectivity index (χ4v) is 3.39. The summed E-state index contributed by atoms with van der Waals surface area (Å²) in [5.74, 6) is -1.01. The van der Waals surface area contributed by atoms with Crippen LogP contribution in [0.5, 0.6) is 0 Å². The lowest BCUT2D eigenvalue weighted by Gasteiger charge is -2.22. The van der Waals surface area contributed by atoms with Crippen molar-refractivity contribution >= 4 is 33.3 Å². The van der Waals surface area contributed by atoms with Gasteiger partial charge in [0.15, 0.2) is 0 Å². The molecule has 0 spiro atoms. The van der Waals surface area contributed by atoms with Gasteiger partial charge in [-0.2, -0.15) is 0 Å². The second-order valence-corrected chi connectivity index (χ2v) is 8.31. The molecule has 28 heavy (non-hydrogen) atoms. The predicted octanol–water partition coefficient (Wildman–Crippen LogP) is 2.88. The van der Waals surface area contributed by atoms with Gasteiger partial charge in [-0.15, -0.1) is 0 Å². The fourth-order valence-electron chi connectivity index (χ4n) is 2.53. The molecule has 0 unspecified atom stereocenters. The Hall–Kier alpha value is -2.87. The molecule has 1 amide bonds. The molecular weight excluding hydrogens is 380 g/mol. The van der Waals surface area contributed by atoms with Gasteiger partial charge >= 0.3 is 5.97 Å². The lowest BCUT2D eigenvalue weighted by Crippen LogP contribution is -2.37. The summed E-state index contributed by atoms with van der Waals surface area (Å²) in [5, 5.41) is 2.68. The van der Waals surface area contributed by atoms with Gasteiger partial charge in [-0.25, -0.2) is 13.2 Å². The van der Waals surface area contributed by atoms with Gasteiger partial charge in [0.2, 0.25) is 15.9 Å². The zero-order chi connectivity index (χ0) is 20.9. The normalized spacial score (nSPS) is 11.0. The Bertz CT molecular complexity index is 969. The van der Waals surface area contributed by atoms with Gasteiger partial charge in [0.05, 0.1) is 24.1 Å². The number of sulfonamides is 1. The third-order valence-corrected chi connectivity index (χ3v) is 5.17. The van der Waals surface area contributed by atoms with E-state index in [-0.39, 0.29) is 13.2 Å². The Morgan fingerprint density at radius 3 is 2.29 bits per heavy atom. The number of hydrogen-bond donors (Lipinski definition) is 1. The number of carbonyl (C=O) groups excluding carboxylic acids is 2. The van der Waals surface area contributed by atoms with Crippen LogP contribution in [0.15, 0.2) is 42.5 Å². The van der Waals surface area contributed by atoms with Gasteiger partial charge in [0, 0.05) is 5.69 Å². The smallest absolute Gasteiger partial charge is 0.338 e. The number of hydrogen-bond acceptors (Lipinski definition) is 5. The van der Waals surface area contributed by atoms with Crippen LogP contribution >= 0.6 is 0 Å². The summed E-state index contributed by atoms with van der Waals surface area (Å²) in [6.07, 6.45) is 1.05. The van der Waals surface area contributed by atoms with Crippen molar-refractivity contribution in [3.05, 3.63) is 59.2 Å². The molecule has 0 aliphatic heterocycles. The molecule has 0 fully saturated rings. The van der Waals surface area contributed by atoms with Gasteiger partial charge in [0.1, 0.15) is 6.54 Å². The summed E-state index contributed by atoms with van der Waals surface area (Å²) in [5.41, 5.74) is 2.85. The van der Waals surface area contributed by atoms with Crippen LogP contribution in [0.3, 0.4) is 0 Å². The number of rotatable bonds is 7. The van der Waals surface area contributed by atoms with Crippen LogP contribution < -0.4 is 9.62 Å². The molecule has 2 aromatic carbocycles. The average Bonchev–Trinajstić information content (AvgIpc) is 2.62. The molecule has 0 atom stereocenters. The largest absolute Gasteiger partial charge is 0.462 e. The first-order chi connectivity index (χ1) is 13.1. The summed E-state index contributed by atoms with van der Waals surface area (Å²) in [6.45, 7) is 5.23. The van der Waals surface area contributed by atoms with Crippen LogP contribution in [-0.4, -0.2) is 39.7 Å². The summed E-state index contributed by atoms with van der Waals surface area (Å²) in [7, 11) is -3.66. The molecule has 0 saturated heterocycles. The Morgan fingerprint density at radius 2 is 1.71 bits per heavy atom. The van der Waals surface area contributed by atoms with Gasteiger partial charge < -0.3 is 10.1 Å². The SMILES string of the molecule is CCOC(=O)c1ccc(C)c(NC(=O)CN(c2ccc(C)cc2)S(C)(=O)=O)c1. The van der Waals surface area contributed by atoms with E-state index in [0.717, 1.165) is 21.7 Å². The summed E-state index contributed by atoms with van der Waals surface area (Å²) >= 11 is 0. The molecule has 0 radical (unpaired) electrons. The van der Waals surface area contributed by atoms with E-state index in [0.29, 0.717) is 16.9 Å².